The van der Waals surface area contributed by atoms with Crippen molar-refractivity contribution >= 4 is 30.5 Å². The highest BCUT2D eigenvalue weighted by atomic mass is 79.9. The second kappa shape index (κ2) is 5.67. The summed E-state index contributed by atoms with van der Waals surface area (Å²) in [5.74, 6) is 1.25. The third kappa shape index (κ3) is 3.60. The summed E-state index contributed by atoms with van der Waals surface area (Å²) in [5.41, 5.74) is 0.510. The van der Waals surface area contributed by atoms with Crippen molar-refractivity contribution in [2.24, 2.45) is 0 Å². The van der Waals surface area contributed by atoms with Crippen molar-refractivity contribution in [2.75, 3.05) is 7.11 Å². The van der Waals surface area contributed by atoms with E-state index in [0.29, 0.717) is 17.1 Å². The summed E-state index contributed by atoms with van der Waals surface area (Å²) < 4.78 is 12.1. The number of ether oxygens (including phenoxy) is 1. The molecule has 0 heterocycles. The Balaban J connectivity index is 3.25. The molecule has 0 radical (unpaired) electrons. The van der Waals surface area contributed by atoms with Crippen LogP contribution in [0.15, 0.2) is 16.6 Å². The smallest absolute Gasteiger partial charge is 0.250 e. The normalized spacial score (nSPS) is 12.2. The van der Waals surface area contributed by atoms with Crippen LogP contribution < -0.4 is 9.16 Å². The number of rotatable bonds is 4. The summed E-state index contributed by atoms with van der Waals surface area (Å²) in [6.45, 7) is 10.8. The fraction of sp³-hybridized carbons (Fsp3) is 0.500. The highest BCUT2D eigenvalue weighted by molar-refractivity contribution is 9.10. The number of hydrogen-bond donors (Lipinski definition) is 0. The third-order valence-electron chi connectivity index (χ3n) is 3.57. The van der Waals surface area contributed by atoms with Crippen LogP contribution >= 0.6 is 15.9 Å². The lowest BCUT2D eigenvalue weighted by molar-refractivity contribution is 0.112. The number of halogens is 1. The standard InChI is InChI=1S/C14H21BrO3Si/c1-14(2,3)19(5,6)18-13-10(9-16)7-11(17-4)8-12(13)15/h7-9H,1-6H3. The van der Waals surface area contributed by atoms with Crippen LogP contribution in [0.5, 0.6) is 11.5 Å². The summed E-state index contributed by atoms with van der Waals surface area (Å²) in [4.78, 5) is 11.2. The molecule has 0 saturated carbocycles. The SMILES string of the molecule is COc1cc(Br)c(O[Si](C)(C)C(C)(C)C)c(C=O)c1. The highest BCUT2D eigenvalue weighted by Crippen LogP contribution is 2.41. The van der Waals surface area contributed by atoms with Crippen LogP contribution in [-0.2, 0) is 0 Å². The lowest BCUT2D eigenvalue weighted by Gasteiger charge is -2.37. The first-order chi connectivity index (χ1) is 8.62. The molecule has 1 rings (SSSR count). The molecule has 0 aliphatic heterocycles. The van der Waals surface area contributed by atoms with E-state index in [0.717, 1.165) is 10.8 Å². The second-order valence-corrected chi connectivity index (χ2v) is 11.6. The van der Waals surface area contributed by atoms with Crippen LogP contribution in [0.3, 0.4) is 0 Å². The molecule has 0 saturated heterocycles. The maximum atomic E-state index is 11.2. The first kappa shape index (κ1) is 16.2. The quantitative estimate of drug-likeness (QED) is 0.588. The molecule has 0 N–H and O–H groups in total. The summed E-state index contributed by atoms with van der Waals surface area (Å²) in [5, 5.41) is 0.0759. The molecular formula is C14H21BrO3Si. The summed E-state index contributed by atoms with van der Waals surface area (Å²) in [6, 6.07) is 3.51. The van der Waals surface area contributed by atoms with Crippen LogP contribution in [0.25, 0.3) is 0 Å². The third-order valence-corrected chi connectivity index (χ3v) is 8.49. The second-order valence-electron chi connectivity index (χ2n) is 6.01. The molecule has 0 atom stereocenters. The molecule has 3 nitrogen and oxygen atoms in total. The maximum Gasteiger partial charge on any atom is 0.250 e. The molecular weight excluding hydrogens is 324 g/mol. The van der Waals surface area contributed by atoms with Gasteiger partial charge >= 0.3 is 0 Å². The fourth-order valence-electron chi connectivity index (χ4n) is 1.31. The van der Waals surface area contributed by atoms with Gasteiger partial charge in [0.25, 0.3) is 8.32 Å². The molecule has 0 spiro atoms. The van der Waals surface area contributed by atoms with Crippen molar-refractivity contribution < 1.29 is 14.0 Å². The van der Waals surface area contributed by atoms with Crippen molar-refractivity contribution in [3.8, 4) is 11.5 Å². The Hall–Kier alpha value is -0.813. The van der Waals surface area contributed by atoms with Crippen LogP contribution in [-0.4, -0.2) is 21.7 Å². The van der Waals surface area contributed by atoms with Gasteiger partial charge in [-0.25, -0.2) is 0 Å². The Bertz CT molecular complexity index is 478. The van der Waals surface area contributed by atoms with Crippen LogP contribution in [0, 0.1) is 0 Å². The van der Waals surface area contributed by atoms with Gasteiger partial charge in [0.2, 0.25) is 0 Å². The molecule has 0 aromatic heterocycles. The zero-order valence-corrected chi connectivity index (χ0v) is 14.9. The van der Waals surface area contributed by atoms with Crippen LogP contribution in [0.4, 0.5) is 0 Å². The van der Waals surface area contributed by atoms with E-state index in [4.69, 9.17) is 9.16 Å². The molecule has 5 heteroatoms. The van der Waals surface area contributed by atoms with Crippen molar-refractivity contribution in [1.82, 2.24) is 0 Å². The average molecular weight is 345 g/mol. The Labute approximate surface area is 124 Å². The van der Waals surface area contributed by atoms with E-state index < -0.39 is 8.32 Å². The molecule has 0 fully saturated rings. The van der Waals surface area contributed by atoms with Crippen molar-refractivity contribution in [1.29, 1.82) is 0 Å². The van der Waals surface area contributed by atoms with Crippen LogP contribution in [0.2, 0.25) is 18.1 Å². The van der Waals surface area contributed by atoms with Gasteiger partial charge in [0.15, 0.2) is 6.29 Å². The molecule has 0 aliphatic carbocycles. The van der Waals surface area contributed by atoms with Gasteiger partial charge < -0.3 is 9.16 Å². The van der Waals surface area contributed by atoms with E-state index >= 15 is 0 Å². The van der Waals surface area contributed by atoms with Gasteiger partial charge in [-0.2, -0.15) is 0 Å². The van der Waals surface area contributed by atoms with Gasteiger partial charge in [-0.15, -0.1) is 0 Å². The molecule has 0 aliphatic rings. The number of carbonyl (C=O) groups excluding carboxylic acids is 1. The first-order valence-electron chi connectivity index (χ1n) is 6.14. The molecule has 0 amide bonds. The fourth-order valence-corrected chi connectivity index (χ4v) is 3.04. The van der Waals surface area contributed by atoms with Gasteiger partial charge in [-0.05, 0) is 46.2 Å². The largest absolute Gasteiger partial charge is 0.542 e. The Morgan fingerprint density at radius 2 is 1.84 bits per heavy atom. The maximum absolute atomic E-state index is 11.2. The zero-order valence-electron chi connectivity index (χ0n) is 12.3. The Kier molecular flexibility index (Phi) is 4.85. The van der Waals surface area contributed by atoms with E-state index in [2.05, 4.69) is 49.8 Å². The minimum Gasteiger partial charge on any atom is -0.542 e. The minimum atomic E-state index is -1.98. The summed E-state index contributed by atoms with van der Waals surface area (Å²) in [7, 11) is -0.408. The Morgan fingerprint density at radius 1 is 1.26 bits per heavy atom. The molecule has 0 unspecified atom stereocenters. The van der Waals surface area contributed by atoms with Gasteiger partial charge in [-0.3, -0.25) is 4.79 Å². The molecule has 106 valence electrons. The zero-order chi connectivity index (χ0) is 14.8. The number of hydrogen-bond acceptors (Lipinski definition) is 3. The van der Waals surface area contributed by atoms with E-state index in [1.807, 2.05) is 6.07 Å². The van der Waals surface area contributed by atoms with Gasteiger partial charge in [0.1, 0.15) is 11.5 Å². The van der Waals surface area contributed by atoms with E-state index in [1.165, 1.54) is 0 Å². The first-order valence-corrected chi connectivity index (χ1v) is 9.84. The van der Waals surface area contributed by atoms with E-state index in [1.54, 1.807) is 13.2 Å². The molecule has 1 aromatic rings. The predicted octanol–water partition coefficient (Wildman–Crippen LogP) is 4.65. The van der Waals surface area contributed by atoms with Gasteiger partial charge in [0, 0.05) is 0 Å². The van der Waals surface area contributed by atoms with Gasteiger partial charge in [-0.1, -0.05) is 20.8 Å². The summed E-state index contributed by atoms with van der Waals surface area (Å²) in [6.07, 6.45) is 0.801. The number of carbonyl (C=O) groups is 1. The van der Waals surface area contributed by atoms with Gasteiger partial charge in [0.05, 0.1) is 17.1 Å². The van der Waals surface area contributed by atoms with Crippen LogP contribution in [0.1, 0.15) is 31.1 Å². The van der Waals surface area contributed by atoms with E-state index in [9.17, 15) is 4.79 Å². The van der Waals surface area contributed by atoms with Crippen molar-refractivity contribution in [2.45, 2.75) is 38.9 Å². The lowest BCUT2D eigenvalue weighted by Crippen LogP contribution is -2.44. The topological polar surface area (TPSA) is 35.5 Å². The molecule has 19 heavy (non-hydrogen) atoms. The number of benzene rings is 1. The highest BCUT2D eigenvalue weighted by Gasteiger charge is 2.39. The lowest BCUT2D eigenvalue weighted by atomic mass is 10.2. The van der Waals surface area contributed by atoms with Crippen molar-refractivity contribution in [3.63, 3.8) is 0 Å². The molecule has 0 bridgehead atoms. The Morgan fingerprint density at radius 3 is 2.26 bits per heavy atom. The van der Waals surface area contributed by atoms with E-state index in [-0.39, 0.29) is 5.04 Å². The summed E-state index contributed by atoms with van der Waals surface area (Å²) >= 11 is 3.46. The average Bonchev–Trinajstić information content (AvgIpc) is 2.29. The predicted molar refractivity (Wildman–Crippen MR) is 83.9 cm³/mol. The van der Waals surface area contributed by atoms with Crippen molar-refractivity contribution in [3.05, 3.63) is 22.2 Å². The monoisotopic (exact) mass is 344 g/mol. The minimum absolute atomic E-state index is 0.0759. The molecule has 1 aromatic carbocycles. The number of aldehydes is 1. The number of methoxy groups -OCH3 is 1.